The first-order chi connectivity index (χ1) is 14.7. The molecule has 0 aliphatic heterocycles. The Hall–Kier alpha value is -3.01. The molecule has 0 radical (unpaired) electrons. The summed E-state index contributed by atoms with van der Waals surface area (Å²) in [7, 11) is 4.05. The number of hydrogen-bond donors (Lipinski definition) is 3. The van der Waals surface area contributed by atoms with Gasteiger partial charge >= 0.3 is 12.1 Å². The molecule has 2 amide bonds. The van der Waals surface area contributed by atoms with Crippen molar-refractivity contribution in [3.05, 3.63) is 36.0 Å². The van der Waals surface area contributed by atoms with Gasteiger partial charge in [0, 0.05) is 31.1 Å². The van der Waals surface area contributed by atoms with Crippen molar-refractivity contribution in [3.63, 3.8) is 0 Å². The maximum absolute atomic E-state index is 12.9. The number of ether oxygens (including phenoxy) is 1. The quantitative estimate of drug-likeness (QED) is 0.482. The number of amides is 2. The third-order valence-corrected chi connectivity index (χ3v) is 4.46. The lowest BCUT2D eigenvalue weighted by atomic mass is 10.2. The van der Waals surface area contributed by atoms with Crippen LogP contribution >= 0.6 is 0 Å². The largest absolute Gasteiger partial charge is 0.433 e. The zero-order chi connectivity index (χ0) is 22.4. The zero-order valence-corrected chi connectivity index (χ0v) is 17.9. The van der Waals surface area contributed by atoms with Crippen molar-refractivity contribution in [1.82, 2.24) is 14.9 Å². The SMILES string of the molecule is CN(C)CCCNc1cc(C2CC2)nc(NC(=O)Nc2ccc(OC(C)(F)F)cc2)n1. The van der Waals surface area contributed by atoms with Crippen LogP contribution in [0.25, 0.3) is 0 Å². The van der Waals surface area contributed by atoms with E-state index >= 15 is 0 Å². The minimum absolute atomic E-state index is 0.00362. The number of rotatable bonds is 10. The number of hydrogen-bond acceptors (Lipinski definition) is 6. The molecule has 8 nitrogen and oxygen atoms in total. The molecule has 0 atom stereocenters. The lowest BCUT2D eigenvalue weighted by molar-refractivity contribution is -0.158. The topological polar surface area (TPSA) is 91.4 Å². The minimum Gasteiger partial charge on any atom is -0.433 e. The van der Waals surface area contributed by atoms with Crippen LogP contribution in [0.2, 0.25) is 0 Å². The Morgan fingerprint density at radius 2 is 1.90 bits per heavy atom. The van der Waals surface area contributed by atoms with E-state index in [0.29, 0.717) is 24.3 Å². The molecule has 1 aliphatic carbocycles. The van der Waals surface area contributed by atoms with Crippen LogP contribution < -0.4 is 20.7 Å². The maximum atomic E-state index is 12.9. The molecular formula is C21H28F2N6O2. The number of carbonyl (C=O) groups is 1. The fourth-order valence-corrected chi connectivity index (χ4v) is 2.89. The summed E-state index contributed by atoms with van der Waals surface area (Å²) in [5.74, 6) is 1.29. The van der Waals surface area contributed by atoms with Gasteiger partial charge in [0.05, 0.1) is 5.69 Å². The van der Waals surface area contributed by atoms with Crippen molar-refractivity contribution in [3.8, 4) is 5.75 Å². The molecule has 0 saturated heterocycles. The van der Waals surface area contributed by atoms with Crippen LogP contribution in [0.1, 0.15) is 37.8 Å². The van der Waals surface area contributed by atoms with E-state index in [-0.39, 0.29) is 11.7 Å². The lowest BCUT2D eigenvalue weighted by Gasteiger charge is -2.14. The number of anilines is 3. The van der Waals surface area contributed by atoms with Crippen molar-refractivity contribution in [2.45, 2.75) is 38.2 Å². The Bertz CT molecular complexity index is 882. The number of aromatic nitrogens is 2. The van der Waals surface area contributed by atoms with Gasteiger partial charge in [-0.25, -0.2) is 9.78 Å². The molecule has 1 aromatic heterocycles. The van der Waals surface area contributed by atoms with Crippen LogP contribution in [0.15, 0.2) is 30.3 Å². The normalized spacial score (nSPS) is 13.7. The van der Waals surface area contributed by atoms with Crippen LogP contribution in [0.3, 0.4) is 0 Å². The summed E-state index contributed by atoms with van der Waals surface area (Å²) >= 11 is 0. The smallest absolute Gasteiger partial charge is 0.394 e. The summed E-state index contributed by atoms with van der Waals surface area (Å²) in [6.45, 7) is 2.38. The first-order valence-electron chi connectivity index (χ1n) is 10.2. The predicted molar refractivity (Wildman–Crippen MR) is 116 cm³/mol. The fraction of sp³-hybridized carbons (Fsp3) is 0.476. The van der Waals surface area contributed by atoms with Gasteiger partial charge in [0.15, 0.2) is 0 Å². The minimum atomic E-state index is -3.27. The summed E-state index contributed by atoms with van der Waals surface area (Å²) in [5.41, 5.74) is 1.33. The van der Waals surface area contributed by atoms with E-state index in [4.69, 9.17) is 0 Å². The van der Waals surface area contributed by atoms with E-state index in [1.807, 2.05) is 20.2 Å². The number of nitrogens with zero attached hydrogens (tertiary/aromatic N) is 3. The summed E-state index contributed by atoms with van der Waals surface area (Å²) in [5, 5.41) is 8.56. The number of alkyl halides is 2. The third kappa shape index (κ3) is 7.97. The summed E-state index contributed by atoms with van der Waals surface area (Å²) in [4.78, 5) is 23.3. The van der Waals surface area contributed by atoms with Gasteiger partial charge in [0.25, 0.3) is 0 Å². The molecule has 1 aromatic carbocycles. The zero-order valence-electron chi connectivity index (χ0n) is 17.9. The number of carbonyl (C=O) groups excluding carboxylic acids is 1. The Labute approximate surface area is 180 Å². The van der Waals surface area contributed by atoms with E-state index in [0.717, 1.165) is 38.0 Å². The number of nitrogens with one attached hydrogen (secondary N) is 3. The number of halogens is 2. The van der Waals surface area contributed by atoms with E-state index in [2.05, 4.69) is 35.6 Å². The highest BCUT2D eigenvalue weighted by molar-refractivity contribution is 5.98. The molecule has 168 valence electrons. The average Bonchev–Trinajstić information content (AvgIpc) is 3.51. The number of urea groups is 1. The standard InChI is InChI=1S/C21H28F2N6O2/c1-21(22,23)31-16-9-7-15(8-10-16)25-20(30)28-19-26-17(14-5-6-14)13-18(27-19)24-11-4-12-29(2)3/h7-10,13-14H,4-6,11-12H2,1-3H3,(H3,24,25,26,27,28,30). The van der Waals surface area contributed by atoms with E-state index in [1.54, 1.807) is 0 Å². The van der Waals surface area contributed by atoms with Gasteiger partial charge in [-0.05, 0) is 64.2 Å². The van der Waals surface area contributed by atoms with Gasteiger partial charge in [-0.3, -0.25) is 5.32 Å². The molecule has 2 aromatic rings. The van der Waals surface area contributed by atoms with E-state index in [9.17, 15) is 13.6 Å². The average molecular weight is 434 g/mol. The molecule has 0 unspecified atom stereocenters. The Kier molecular flexibility index (Phi) is 7.21. The van der Waals surface area contributed by atoms with Gasteiger partial charge in [0.1, 0.15) is 11.6 Å². The van der Waals surface area contributed by atoms with Gasteiger partial charge in [-0.1, -0.05) is 0 Å². The van der Waals surface area contributed by atoms with Crippen molar-refractivity contribution in [2.24, 2.45) is 0 Å². The van der Waals surface area contributed by atoms with E-state index in [1.165, 1.54) is 24.3 Å². The first-order valence-corrected chi connectivity index (χ1v) is 10.2. The molecule has 1 aliphatic rings. The highest BCUT2D eigenvalue weighted by atomic mass is 19.3. The van der Waals surface area contributed by atoms with Crippen molar-refractivity contribution < 1.29 is 18.3 Å². The molecule has 3 rings (SSSR count). The number of benzene rings is 1. The van der Waals surface area contributed by atoms with Crippen LogP contribution in [0.4, 0.5) is 31.0 Å². The van der Waals surface area contributed by atoms with Gasteiger partial charge in [-0.2, -0.15) is 13.8 Å². The van der Waals surface area contributed by atoms with Crippen LogP contribution in [-0.2, 0) is 0 Å². The van der Waals surface area contributed by atoms with Crippen LogP contribution in [0.5, 0.6) is 5.75 Å². The Morgan fingerprint density at radius 3 is 2.52 bits per heavy atom. The molecule has 31 heavy (non-hydrogen) atoms. The Morgan fingerprint density at radius 1 is 1.19 bits per heavy atom. The second kappa shape index (κ2) is 9.86. The molecule has 10 heteroatoms. The molecule has 3 N–H and O–H groups in total. The van der Waals surface area contributed by atoms with Crippen LogP contribution in [-0.4, -0.2) is 54.2 Å². The lowest BCUT2D eigenvalue weighted by Crippen LogP contribution is -2.22. The molecule has 1 fully saturated rings. The van der Waals surface area contributed by atoms with Gasteiger partial charge in [-0.15, -0.1) is 0 Å². The Balaban J connectivity index is 1.59. The monoisotopic (exact) mass is 434 g/mol. The predicted octanol–water partition coefficient (Wildman–Crippen LogP) is 4.35. The molecule has 0 spiro atoms. The third-order valence-electron chi connectivity index (χ3n) is 4.46. The first kappa shape index (κ1) is 22.7. The summed E-state index contributed by atoms with van der Waals surface area (Å²) in [6.07, 6.45) is -0.154. The van der Waals surface area contributed by atoms with Crippen LogP contribution in [0, 0.1) is 0 Å². The highest BCUT2D eigenvalue weighted by Gasteiger charge is 2.26. The molecular weight excluding hydrogens is 406 g/mol. The van der Waals surface area contributed by atoms with Gasteiger partial charge in [0.2, 0.25) is 5.95 Å². The second-order valence-electron chi connectivity index (χ2n) is 7.87. The summed E-state index contributed by atoms with van der Waals surface area (Å²) < 4.78 is 30.3. The molecule has 1 saturated carbocycles. The van der Waals surface area contributed by atoms with Gasteiger partial charge < -0.3 is 20.3 Å². The molecule has 1 heterocycles. The summed E-state index contributed by atoms with van der Waals surface area (Å²) in [6, 6.07) is 7.05. The van der Waals surface area contributed by atoms with E-state index < -0.39 is 12.1 Å². The molecule has 0 bridgehead atoms. The van der Waals surface area contributed by atoms with Crippen molar-refractivity contribution >= 4 is 23.5 Å². The highest BCUT2D eigenvalue weighted by Crippen LogP contribution is 2.39. The van der Waals surface area contributed by atoms with Crippen molar-refractivity contribution in [2.75, 3.05) is 43.1 Å². The van der Waals surface area contributed by atoms with Crippen molar-refractivity contribution in [1.29, 1.82) is 0 Å². The fourth-order valence-electron chi connectivity index (χ4n) is 2.89. The maximum Gasteiger partial charge on any atom is 0.394 e. The second-order valence-corrected chi connectivity index (χ2v) is 7.87.